The van der Waals surface area contributed by atoms with Crippen LogP contribution in [0.25, 0.3) is 0 Å². The fourth-order valence-corrected chi connectivity index (χ4v) is 2.06. The number of methoxy groups -OCH3 is 1. The normalized spacial score (nSPS) is 12.5. The van der Waals surface area contributed by atoms with Crippen LogP contribution in [0.15, 0.2) is 30.5 Å². The Morgan fingerprint density at radius 3 is 2.52 bits per heavy atom. The lowest BCUT2D eigenvalue weighted by molar-refractivity contribution is 0.0502. The highest BCUT2D eigenvalue weighted by Crippen LogP contribution is 2.19. The van der Waals surface area contributed by atoms with Crippen LogP contribution in [0.2, 0.25) is 0 Å². The SMILES string of the molecule is COc1ccc(C[C@H](NC(=O)OC(C)(C)C)c2c[nH]nn2)cc1. The number of nitrogens with one attached hydrogen (secondary N) is 2. The van der Waals surface area contributed by atoms with E-state index < -0.39 is 11.7 Å². The summed E-state index contributed by atoms with van der Waals surface area (Å²) in [6, 6.07) is 7.31. The minimum absolute atomic E-state index is 0.336. The predicted molar refractivity (Wildman–Crippen MR) is 85.2 cm³/mol. The van der Waals surface area contributed by atoms with Crippen molar-refractivity contribution in [1.82, 2.24) is 20.7 Å². The Bertz CT molecular complexity index is 618. The predicted octanol–water partition coefficient (Wildman–Crippen LogP) is 2.62. The van der Waals surface area contributed by atoms with Crippen molar-refractivity contribution in [2.24, 2.45) is 0 Å². The highest BCUT2D eigenvalue weighted by atomic mass is 16.6. The molecule has 1 aromatic heterocycles. The molecule has 0 bridgehead atoms. The van der Waals surface area contributed by atoms with E-state index in [0.29, 0.717) is 12.1 Å². The van der Waals surface area contributed by atoms with Gasteiger partial charge in [-0.25, -0.2) is 4.79 Å². The number of rotatable bonds is 5. The second-order valence-corrected chi connectivity index (χ2v) is 6.15. The number of amides is 1. The van der Waals surface area contributed by atoms with Crippen molar-refractivity contribution in [3.05, 3.63) is 41.7 Å². The second kappa shape index (κ2) is 7.13. The number of nitrogens with zero attached hydrogens (tertiary/aromatic N) is 2. The van der Waals surface area contributed by atoms with Crippen molar-refractivity contribution >= 4 is 6.09 Å². The number of ether oxygens (including phenoxy) is 2. The third-order valence-electron chi connectivity index (χ3n) is 3.08. The minimum atomic E-state index is -0.557. The van der Waals surface area contributed by atoms with Crippen molar-refractivity contribution in [2.75, 3.05) is 7.11 Å². The van der Waals surface area contributed by atoms with E-state index in [-0.39, 0.29) is 6.04 Å². The molecule has 2 rings (SSSR count). The number of benzene rings is 1. The lowest BCUT2D eigenvalue weighted by Gasteiger charge is -2.22. The van der Waals surface area contributed by atoms with Crippen LogP contribution in [-0.4, -0.2) is 34.2 Å². The first kappa shape index (κ1) is 16.8. The molecule has 7 heteroatoms. The maximum Gasteiger partial charge on any atom is 0.408 e. The van der Waals surface area contributed by atoms with Crippen LogP contribution in [-0.2, 0) is 11.2 Å². The molecule has 0 aliphatic rings. The molecule has 124 valence electrons. The summed E-state index contributed by atoms with van der Waals surface area (Å²) < 4.78 is 10.5. The number of aromatic amines is 1. The maximum atomic E-state index is 12.0. The zero-order valence-corrected chi connectivity index (χ0v) is 13.8. The lowest BCUT2D eigenvalue weighted by atomic mass is 10.0. The minimum Gasteiger partial charge on any atom is -0.497 e. The molecule has 2 aromatic rings. The number of aromatic nitrogens is 3. The molecule has 0 radical (unpaired) electrons. The number of carbonyl (C=O) groups excluding carboxylic acids is 1. The summed E-state index contributed by atoms with van der Waals surface area (Å²) in [7, 11) is 1.62. The zero-order valence-electron chi connectivity index (χ0n) is 13.8. The molecule has 0 fully saturated rings. The molecule has 1 aromatic carbocycles. The fourth-order valence-electron chi connectivity index (χ4n) is 2.06. The Kier molecular flexibility index (Phi) is 5.20. The van der Waals surface area contributed by atoms with E-state index in [1.807, 2.05) is 45.0 Å². The van der Waals surface area contributed by atoms with Crippen LogP contribution >= 0.6 is 0 Å². The number of hydrogen-bond donors (Lipinski definition) is 2. The molecular formula is C16H22N4O3. The van der Waals surface area contributed by atoms with Gasteiger partial charge in [-0.2, -0.15) is 0 Å². The van der Waals surface area contributed by atoms with E-state index in [9.17, 15) is 4.79 Å². The van der Waals surface area contributed by atoms with Gasteiger partial charge in [0, 0.05) is 6.20 Å². The third kappa shape index (κ3) is 5.28. The molecular weight excluding hydrogens is 296 g/mol. The van der Waals surface area contributed by atoms with Crippen LogP contribution in [0.5, 0.6) is 5.75 Å². The summed E-state index contributed by atoms with van der Waals surface area (Å²) in [5.74, 6) is 0.784. The first-order chi connectivity index (χ1) is 10.9. The summed E-state index contributed by atoms with van der Waals surface area (Å²) in [5.41, 5.74) is 1.13. The van der Waals surface area contributed by atoms with Crippen LogP contribution in [0.3, 0.4) is 0 Å². The topological polar surface area (TPSA) is 89.1 Å². The summed E-state index contributed by atoms with van der Waals surface area (Å²) in [4.78, 5) is 12.0. The molecule has 23 heavy (non-hydrogen) atoms. The van der Waals surface area contributed by atoms with Gasteiger partial charge in [0.25, 0.3) is 0 Å². The quantitative estimate of drug-likeness (QED) is 0.884. The van der Waals surface area contributed by atoms with Crippen molar-refractivity contribution in [2.45, 2.75) is 38.8 Å². The highest BCUT2D eigenvalue weighted by molar-refractivity contribution is 5.68. The first-order valence-electron chi connectivity index (χ1n) is 7.36. The van der Waals surface area contributed by atoms with Gasteiger partial charge in [0.05, 0.1) is 13.2 Å². The zero-order chi connectivity index (χ0) is 16.9. The van der Waals surface area contributed by atoms with E-state index >= 15 is 0 Å². The van der Waals surface area contributed by atoms with Crippen molar-refractivity contribution in [3.8, 4) is 5.75 Å². The number of H-pyrrole nitrogens is 1. The van der Waals surface area contributed by atoms with Gasteiger partial charge in [0.2, 0.25) is 0 Å². The summed E-state index contributed by atoms with van der Waals surface area (Å²) in [5, 5.41) is 13.2. The first-order valence-corrected chi connectivity index (χ1v) is 7.36. The second-order valence-electron chi connectivity index (χ2n) is 6.15. The molecule has 0 spiro atoms. The molecule has 1 heterocycles. The van der Waals surface area contributed by atoms with Gasteiger partial charge in [-0.1, -0.05) is 17.3 Å². The lowest BCUT2D eigenvalue weighted by Crippen LogP contribution is -2.36. The molecule has 1 atom stereocenters. The Hall–Kier alpha value is -2.57. The van der Waals surface area contributed by atoms with E-state index in [1.54, 1.807) is 13.3 Å². The molecule has 1 amide bonds. The Balaban J connectivity index is 2.10. The van der Waals surface area contributed by atoms with Crippen LogP contribution in [0, 0.1) is 0 Å². The van der Waals surface area contributed by atoms with Crippen molar-refractivity contribution in [3.63, 3.8) is 0 Å². The van der Waals surface area contributed by atoms with Crippen LogP contribution < -0.4 is 10.1 Å². The van der Waals surface area contributed by atoms with E-state index in [2.05, 4.69) is 20.7 Å². The van der Waals surface area contributed by atoms with Gasteiger partial charge in [-0.3, -0.25) is 5.10 Å². The van der Waals surface area contributed by atoms with Gasteiger partial charge < -0.3 is 14.8 Å². The smallest absolute Gasteiger partial charge is 0.408 e. The fraction of sp³-hybridized carbons (Fsp3) is 0.438. The van der Waals surface area contributed by atoms with Gasteiger partial charge in [0.1, 0.15) is 17.0 Å². The largest absolute Gasteiger partial charge is 0.497 e. The number of carbonyl (C=O) groups is 1. The van der Waals surface area contributed by atoms with Crippen LogP contribution in [0.4, 0.5) is 4.79 Å². The van der Waals surface area contributed by atoms with Crippen LogP contribution in [0.1, 0.15) is 38.1 Å². The van der Waals surface area contributed by atoms with Gasteiger partial charge >= 0.3 is 6.09 Å². The molecule has 0 aliphatic carbocycles. The maximum absolute atomic E-state index is 12.0. The van der Waals surface area contributed by atoms with Gasteiger partial charge in [0.15, 0.2) is 0 Å². The third-order valence-corrected chi connectivity index (χ3v) is 3.08. The Morgan fingerprint density at radius 2 is 2.00 bits per heavy atom. The summed E-state index contributed by atoms with van der Waals surface area (Å²) in [6.07, 6.45) is 1.74. The average Bonchev–Trinajstić information content (AvgIpc) is 2.99. The van der Waals surface area contributed by atoms with Gasteiger partial charge in [-0.05, 0) is 44.9 Å². The van der Waals surface area contributed by atoms with Crippen molar-refractivity contribution in [1.29, 1.82) is 0 Å². The molecule has 2 N–H and O–H groups in total. The Morgan fingerprint density at radius 1 is 1.30 bits per heavy atom. The van der Waals surface area contributed by atoms with E-state index in [4.69, 9.17) is 9.47 Å². The van der Waals surface area contributed by atoms with E-state index in [0.717, 1.165) is 11.3 Å². The monoisotopic (exact) mass is 318 g/mol. The van der Waals surface area contributed by atoms with Crippen molar-refractivity contribution < 1.29 is 14.3 Å². The highest BCUT2D eigenvalue weighted by Gasteiger charge is 2.22. The molecule has 0 aliphatic heterocycles. The Labute approximate surface area is 135 Å². The van der Waals surface area contributed by atoms with Gasteiger partial charge in [-0.15, -0.1) is 5.10 Å². The molecule has 0 unspecified atom stereocenters. The van der Waals surface area contributed by atoms with E-state index in [1.165, 1.54) is 0 Å². The molecule has 0 saturated heterocycles. The standard InChI is InChI=1S/C16H22N4O3/c1-16(2,3)23-15(21)18-13(14-10-17-20-19-14)9-11-5-7-12(22-4)8-6-11/h5-8,10,13H,9H2,1-4H3,(H,18,21)(H,17,19,20)/t13-/m0/s1. The number of hydrogen-bond acceptors (Lipinski definition) is 5. The molecule has 0 saturated carbocycles. The average molecular weight is 318 g/mol. The summed E-state index contributed by atoms with van der Waals surface area (Å²) in [6.45, 7) is 5.46. The molecule has 7 nitrogen and oxygen atoms in total. The summed E-state index contributed by atoms with van der Waals surface area (Å²) >= 11 is 0. The number of alkyl carbamates (subject to hydrolysis) is 1.